The van der Waals surface area contributed by atoms with E-state index in [1.165, 1.54) is 7.11 Å². The Balaban J connectivity index is 2.09. The number of methoxy groups -OCH3 is 1. The number of carbonyl (C=O) groups excluding carboxylic acids is 2. The molecule has 2 rings (SSSR count). The molecule has 3 nitrogen and oxygen atoms in total. The summed E-state index contributed by atoms with van der Waals surface area (Å²) in [4.78, 5) is 23.3. The van der Waals surface area contributed by atoms with Crippen molar-refractivity contribution in [3.8, 4) is 0 Å². The van der Waals surface area contributed by atoms with Crippen LogP contribution in [0.2, 0.25) is 5.02 Å². The van der Waals surface area contributed by atoms with Crippen LogP contribution in [0.15, 0.2) is 24.3 Å². The molecule has 0 N–H and O–H groups in total. The van der Waals surface area contributed by atoms with Gasteiger partial charge in [0.1, 0.15) is 11.7 Å². The highest BCUT2D eigenvalue weighted by molar-refractivity contribution is 6.30. The summed E-state index contributed by atoms with van der Waals surface area (Å²) < 4.78 is 4.64. The lowest BCUT2D eigenvalue weighted by molar-refractivity contribution is -0.150. The Morgan fingerprint density at radius 2 is 2.17 bits per heavy atom. The SMILES string of the molecule is COC(=O)C1CCC(c2cccc(Cl)c2)CC1=O. The molecule has 96 valence electrons. The van der Waals surface area contributed by atoms with Gasteiger partial charge in [-0.1, -0.05) is 23.7 Å². The summed E-state index contributed by atoms with van der Waals surface area (Å²) in [6.07, 6.45) is 1.76. The highest BCUT2D eigenvalue weighted by Crippen LogP contribution is 2.34. The van der Waals surface area contributed by atoms with Crippen LogP contribution in [0.5, 0.6) is 0 Å². The molecule has 2 atom stereocenters. The first-order valence-corrected chi connectivity index (χ1v) is 6.35. The number of benzene rings is 1. The van der Waals surface area contributed by atoms with Crippen molar-refractivity contribution in [2.75, 3.05) is 7.11 Å². The molecule has 0 heterocycles. The van der Waals surface area contributed by atoms with E-state index in [1.54, 1.807) is 0 Å². The monoisotopic (exact) mass is 266 g/mol. The van der Waals surface area contributed by atoms with E-state index in [4.69, 9.17) is 11.6 Å². The molecule has 0 aliphatic heterocycles. The predicted octanol–water partition coefficient (Wildman–Crippen LogP) is 2.97. The van der Waals surface area contributed by atoms with E-state index in [0.717, 1.165) is 12.0 Å². The van der Waals surface area contributed by atoms with Crippen LogP contribution in [0.4, 0.5) is 0 Å². The van der Waals surface area contributed by atoms with Gasteiger partial charge in [0, 0.05) is 11.4 Å². The first kappa shape index (κ1) is 13.1. The summed E-state index contributed by atoms with van der Waals surface area (Å²) in [5, 5.41) is 0.676. The van der Waals surface area contributed by atoms with E-state index in [1.807, 2.05) is 24.3 Å². The summed E-state index contributed by atoms with van der Waals surface area (Å²) in [7, 11) is 1.32. The van der Waals surface area contributed by atoms with E-state index >= 15 is 0 Å². The lowest BCUT2D eigenvalue weighted by Gasteiger charge is -2.26. The van der Waals surface area contributed by atoms with E-state index < -0.39 is 11.9 Å². The number of hydrogen-bond donors (Lipinski definition) is 0. The van der Waals surface area contributed by atoms with Crippen molar-refractivity contribution in [3.05, 3.63) is 34.9 Å². The Morgan fingerprint density at radius 3 is 2.78 bits per heavy atom. The zero-order valence-corrected chi connectivity index (χ0v) is 10.9. The maximum atomic E-state index is 11.9. The topological polar surface area (TPSA) is 43.4 Å². The first-order chi connectivity index (χ1) is 8.61. The molecule has 0 aromatic heterocycles. The molecule has 18 heavy (non-hydrogen) atoms. The van der Waals surface area contributed by atoms with Gasteiger partial charge in [0.15, 0.2) is 0 Å². The molecule has 0 bridgehead atoms. The fourth-order valence-corrected chi connectivity index (χ4v) is 2.65. The molecule has 0 amide bonds. The van der Waals surface area contributed by atoms with Gasteiger partial charge in [0.25, 0.3) is 0 Å². The maximum absolute atomic E-state index is 11.9. The van der Waals surface area contributed by atoms with Crippen molar-refractivity contribution in [2.24, 2.45) is 5.92 Å². The average molecular weight is 267 g/mol. The van der Waals surface area contributed by atoms with Gasteiger partial charge in [0.05, 0.1) is 7.11 Å². The molecule has 4 heteroatoms. The second kappa shape index (κ2) is 5.53. The Labute approximate surface area is 111 Å². The van der Waals surface area contributed by atoms with Crippen molar-refractivity contribution in [1.82, 2.24) is 0 Å². The van der Waals surface area contributed by atoms with Crippen molar-refractivity contribution in [1.29, 1.82) is 0 Å². The number of Topliss-reactive ketones (excluding diaryl/α,β-unsaturated/α-hetero) is 1. The Bertz CT molecular complexity index is 470. The number of rotatable bonds is 2. The smallest absolute Gasteiger partial charge is 0.316 e. The molecular weight excluding hydrogens is 252 g/mol. The van der Waals surface area contributed by atoms with Crippen LogP contribution in [0.25, 0.3) is 0 Å². The molecular formula is C14H15ClO3. The quantitative estimate of drug-likeness (QED) is 0.611. The zero-order chi connectivity index (χ0) is 13.1. The van der Waals surface area contributed by atoms with E-state index in [2.05, 4.69) is 4.74 Å². The van der Waals surface area contributed by atoms with Crippen LogP contribution in [0.1, 0.15) is 30.7 Å². The number of ether oxygens (including phenoxy) is 1. The molecule has 1 aliphatic rings. The van der Waals surface area contributed by atoms with Crippen molar-refractivity contribution in [2.45, 2.75) is 25.2 Å². The van der Waals surface area contributed by atoms with Crippen LogP contribution in [-0.4, -0.2) is 18.9 Å². The predicted molar refractivity (Wildman–Crippen MR) is 68.6 cm³/mol. The van der Waals surface area contributed by atoms with E-state index in [0.29, 0.717) is 17.9 Å². The average Bonchev–Trinajstić information content (AvgIpc) is 2.37. The van der Waals surface area contributed by atoms with E-state index in [-0.39, 0.29) is 11.7 Å². The lowest BCUT2D eigenvalue weighted by atomic mass is 9.78. The van der Waals surface area contributed by atoms with Crippen molar-refractivity contribution < 1.29 is 14.3 Å². The van der Waals surface area contributed by atoms with Gasteiger partial charge in [0.2, 0.25) is 0 Å². The number of esters is 1. The maximum Gasteiger partial charge on any atom is 0.316 e. The first-order valence-electron chi connectivity index (χ1n) is 5.98. The largest absolute Gasteiger partial charge is 0.468 e. The van der Waals surface area contributed by atoms with Crippen LogP contribution >= 0.6 is 11.6 Å². The summed E-state index contributed by atoms with van der Waals surface area (Å²) in [5.41, 5.74) is 1.07. The fourth-order valence-electron chi connectivity index (χ4n) is 2.45. The molecule has 0 radical (unpaired) electrons. The van der Waals surface area contributed by atoms with Gasteiger partial charge in [-0.25, -0.2) is 0 Å². The van der Waals surface area contributed by atoms with Crippen LogP contribution in [-0.2, 0) is 14.3 Å². The van der Waals surface area contributed by atoms with Crippen molar-refractivity contribution >= 4 is 23.4 Å². The second-order valence-corrected chi connectivity index (χ2v) is 5.01. The molecule has 0 spiro atoms. The second-order valence-electron chi connectivity index (χ2n) is 4.58. The summed E-state index contributed by atoms with van der Waals surface area (Å²) in [6, 6.07) is 7.56. The minimum Gasteiger partial charge on any atom is -0.468 e. The third kappa shape index (κ3) is 2.72. The van der Waals surface area contributed by atoms with Gasteiger partial charge >= 0.3 is 5.97 Å². The molecule has 1 aromatic rings. The normalized spacial score (nSPS) is 23.8. The van der Waals surface area contributed by atoms with E-state index in [9.17, 15) is 9.59 Å². The summed E-state index contributed by atoms with van der Waals surface area (Å²) in [5.74, 6) is -0.856. The third-order valence-corrected chi connectivity index (χ3v) is 3.68. The summed E-state index contributed by atoms with van der Waals surface area (Å²) >= 11 is 5.94. The van der Waals surface area contributed by atoms with Gasteiger partial charge in [-0.3, -0.25) is 9.59 Å². The highest BCUT2D eigenvalue weighted by atomic mass is 35.5. The van der Waals surface area contributed by atoms with Gasteiger partial charge in [-0.15, -0.1) is 0 Å². The molecule has 1 aromatic carbocycles. The molecule has 1 saturated carbocycles. The van der Waals surface area contributed by atoms with Crippen LogP contribution < -0.4 is 0 Å². The van der Waals surface area contributed by atoms with Gasteiger partial charge in [-0.2, -0.15) is 0 Å². The highest BCUT2D eigenvalue weighted by Gasteiger charge is 2.34. The Kier molecular flexibility index (Phi) is 4.02. The minimum atomic E-state index is -0.578. The third-order valence-electron chi connectivity index (χ3n) is 3.45. The number of carbonyl (C=O) groups is 2. The van der Waals surface area contributed by atoms with Crippen LogP contribution in [0.3, 0.4) is 0 Å². The molecule has 1 fully saturated rings. The zero-order valence-electron chi connectivity index (χ0n) is 10.2. The van der Waals surface area contributed by atoms with Gasteiger partial charge < -0.3 is 4.74 Å². The number of halogens is 1. The lowest BCUT2D eigenvalue weighted by Crippen LogP contribution is -2.31. The fraction of sp³-hybridized carbons (Fsp3) is 0.429. The standard InChI is InChI=1S/C14H15ClO3/c1-18-14(17)12-6-5-10(8-13(12)16)9-3-2-4-11(15)7-9/h2-4,7,10,12H,5-6,8H2,1H3. The van der Waals surface area contributed by atoms with Crippen molar-refractivity contribution in [3.63, 3.8) is 0 Å². The molecule has 1 aliphatic carbocycles. The molecule has 0 saturated heterocycles. The van der Waals surface area contributed by atoms with Crippen LogP contribution in [0, 0.1) is 5.92 Å². The number of ketones is 1. The minimum absolute atomic E-state index is 0.0296. The summed E-state index contributed by atoms with van der Waals surface area (Å²) in [6.45, 7) is 0. The Morgan fingerprint density at radius 1 is 1.39 bits per heavy atom. The number of hydrogen-bond acceptors (Lipinski definition) is 3. The molecule has 2 unspecified atom stereocenters. The Hall–Kier alpha value is -1.35. The van der Waals surface area contributed by atoms with Gasteiger partial charge in [-0.05, 0) is 36.5 Å².